The minimum atomic E-state index is 0.586. The van der Waals surface area contributed by atoms with Crippen molar-refractivity contribution in [2.45, 2.75) is 32.2 Å². The topological polar surface area (TPSA) is 47.7 Å². The Hall–Kier alpha value is -1.33. The molecule has 21 heavy (non-hydrogen) atoms. The fourth-order valence-corrected chi connectivity index (χ4v) is 2.38. The summed E-state index contributed by atoms with van der Waals surface area (Å²) < 4.78 is 11.4. The van der Waals surface area contributed by atoms with Gasteiger partial charge in [-0.15, -0.1) is 0 Å². The van der Waals surface area contributed by atoms with Crippen molar-refractivity contribution in [3.63, 3.8) is 0 Å². The number of nitrogens with two attached hydrogens (primary N) is 1. The lowest BCUT2D eigenvalue weighted by Gasteiger charge is -2.22. The van der Waals surface area contributed by atoms with Crippen LogP contribution in [0.3, 0.4) is 0 Å². The van der Waals surface area contributed by atoms with E-state index in [1.165, 1.54) is 12.8 Å². The van der Waals surface area contributed by atoms with Gasteiger partial charge in [-0.2, -0.15) is 0 Å². The molecule has 1 aromatic rings. The van der Waals surface area contributed by atoms with Crippen molar-refractivity contribution >= 4 is 17.2 Å². The zero-order valence-corrected chi connectivity index (χ0v) is 13.4. The SMILES string of the molecule is CCOc1ccccc1OCCN(CCC(N)=S)C1CC1. The van der Waals surface area contributed by atoms with Crippen LogP contribution >= 0.6 is 12.2 Å². The number of thiocarbonyl (C=S) groups is 1. The second-order valence-corrected chi connectivity index (χ2v) is 5.74. The van der Waals surface area contributed by atoms with E-state index in [2.05, 4.69) is 4.90 Å². The predicted molar refractivity (Wildman–Crippen MR) is 89.1 cm³/mol. The standard InChI is InChI=1S/C16H24N2O2S/c1-2-19-14-5-3-4-6-15(14)20-12-11-18(13-7-8-13)10-9-16(17)21/h3-6,13H,2,7-12H2,1H3,(H2,17,21). The predicted octanol–water partition coefficient (Wildman–Crippen LogP) is 2.60. The van der Waals surface area contributed by atoms with Gasteiger partial charge in [-0.1, -0.05) is 24.4 Å². The van der Waals surface area contributed by atoms with Gasteiger partial charge in [-0.3, -0.25) is 4.90 Å². The molecule has 0 heterocycles. The van der Waals surface area contributed by atoms with E-state index in [1.54, 1.807) is 0 Å². The van der Waals surface area contributed by atoms with Crippen molar-refractivity contribution in [3.8, 4) is 11.5 Å². The van der Waals surface area contributed by atoms with E-state index in [1.807, 2.05) is 31.2 Å². The molecule has 1 aromatic carbocycles. The second-order valence-electron chi connectivity index (χ2n) is 5.21. The van der Waals surface area contributed by atoms with Crippen LogP contribution in [0.25, 0.3) is 0 Å². The molecule has 1 aliphatic carbocycles. The first-order chi connectivity index (χ1) is 10.2. The van der Waals surface area contributed by atoms with Crippen LogP contribution in [0.4, 0.5) is 0 Å². The summed E-state index contributed by atoms with van der Waals surface area (Å²) in [6.07, 6.45) is 3.32. The number of ether oxygens (including phenoxy) is 2. The number of hydrogen-bond donors (Lipinski definition) is 1. The van der Waals surface area contributed by atoms with Gasteiger partial charge in [0.1, 0.15) is 6.61 Å². The quantitative estimate of drug-likeness (QED) is 0.673. The van der Waals surface area contributed by atoms with Crippen LogP contribution in [0.15, 0.2) is 24.3 Å². The van der Waals surface area contributed by atoms with Crippen molar-refractivity contribution < 1.29 is 9.47 Å². The highest BCUT2D eigenvalue weighted by Crippen LogP contribution is 2.28. The zero-order chi connectivity index (χ0) is 15.1. The molecular formula is C16H24N2O2S. The van der Waals surface area contributed by atoms with Gasteiger partial charge in [0.05, 0.1) is 11.6 Å². The molecule has 0 aromatic heterocycles. The summed E-state index contributed by atoms with van der Waals surface area (Å²) in [5, 5.41) is 0. The van der Waals surface area contributed by atoms with Crippen LogP contribution in [-0.2, 0) is 0 Å². The number of benzene rings is 1. The molecule has 2 rings (SSSR count). The molecule has 0 amide bonds. The first kappa shape index (κ1) is 16.0. The summed E-state index contributed by atoms with van der Waals surface area (Å²) in [7, 11) is 0. The summed E-state index contributed by atoms with van der Waals surface area (Å²) in [5.41, 5.74) is 5.59. The lowest BCUT2D eigenvalue weighted by Crippen LogP contribution is -2.33. The van der Waals surface area contributed by atoms with E-state index in [4.69, 9.17) is 27.4 Å². The monoisotopic (exact) mass is 308 g/mol. The largest absolute Gasteiger partial charge is 0.490 e. The fraction of sp³-hybridized carbons (Fsp3) is 0.562. The van der Waals surface area contributed by atoms with Crippen LogP contribution in [0.1, 0.15) is 26.2 Å². The van der Waals surface area contributed by atoms with E-state index in [9.17, 15) is 0 Å². The van der Waals surface area contributed by atoms with Gasteiger partial charge in [0, 0.05) is 25.6 Å². The maximum Gasteiger partial charge on any atom is 0.161 e. The molecule has 1 saturated carbocycles. The molecule has 1 aliphatic rings. The number of rotatable bonds is 10. The fourth-order valence-electron chi connectivity index (χ4n) is 2.29. The maximum absolute atomic E-state index is 5.87. The summed E-state index contributed by atoms with van der Waals surface area (Å²) in [4.78, 5) is 3.01. The summed E-state index contributed by atoms with van der Waals surface area (Å²) >= 11 is 4.96. The molecule has 2 N–H and O–H groups in total. The Balaban J connectivity index is 1.80. The first-order valence-electron chi connectivity index (χ1n) is 7.57. The third-order valence-corrected chi connectivity index (χ3v) is 3.70. The molecule has 1 fully saturated rings. The molecular weight excluding hydrogens is 284 g/mol. The third kappa shape index (κ3) is 5.52. The van der Waals surface area contributed by atoms with Crippen LogP contribution in [0, 0.1) is 0 Å². The summed E-state index contributed by atoms with van der Waals surface area (Å²) in [5.74, 6) is 1.62. The van der Waals surface area contributed by atoms with Gasteiger partial charge in [-0.05, 0) is 31.9 Å². The molecule has 4 nitrogen and oxygen atoms in total. The minimum absolute atomic E-state index is 0.586. The Bertz CT molecular complexity index is 463. The smallest absolute Gasteiger partial charge is 0.161 e. The lowest BCUT2D eigenvalue weighted by atomic mass is 10.3. The van der Waals surface area contributed by atoms with E-state index >= 15 is 0 Å². The van der Waals surface area contributed by atoms with Gasteiger partial charge in [0.25, 0.3) is 0 Å². The van der Waals surface area contributed by atoms with Crippen molar-refractivity contribution in [1.29, 1.82) is 0 Å². The molecule has 0 bridgehead atoms. The van der Waals surface area contributed by atoms with Crippen LogP contribution in [-0.4, -0.2) is 42.2 Å². The molecule has 0 spiro atoms. The first-order valence-corrected chi connectivity index (χ1v) is 7.98. The van der Waals surface area contributed by atoms with Crippen molar-refractivity contribution in [3.05, 3.63) is 24.3 Å². The minimum Gasteiger partial charge on any atom is -0.490 e. The highest BCUT2D eigenvalue weighted by atomic mass is 32.1. The van der Waals surface area contributed by atoms with Crippen LogP contribution in [0.5, 0.6) is 11.5 Å². The van der Waals surface area contributed by atoms with E-state index in [0.29, 0.717) is 24.2 Å². The second kappa shape index (κ2) is 8.20. The molecule has 0 atom stereocenters. The van der Waals surface area contributed by atoms with E-state index in [-0.39, 0.29) is 0 Å². The van der Waals surface area contributed by atoms with Crippen molar-refractivity contribution in [2.24, 2.45) is 5.73 Å². The molecule has 0 unspecified atom stereocenters. The van der Waals surface area contributed by atoms with Gasteiger partial charge >= 0.3 is 0 Å². The number of nitrogens with zero attached hydrogens (tertiary/aromatic N) is 1. The highest BCUT2D eigenvalue weighted by Gasteiger charge is 2.28. The Morgan fingerprint density at radius 1 is 1.24 bits per heavy atom. The van der Waals surface area contributed by atoms with Crippen LogP contribution < -0.4 is 15.2 Å². The zero-order valence-electron chi connectivity index (χ0n) is 12.6. The van der Waals surface area contributed by atoms with Gasteiger partial charge in [0.2, 0.25) is 0 Å². The Kier molecular flexibility index (Phi) is 6.26. The van der Waals surface area contributed by atoms with Gasteiger partial charge < -0.3 is 15.2 Å². The van der Waals surface area contributed by atoms with Gasteiger partial charge in [-0.25, -0.2) is 0 Å². The van der Waals surface area contributed by atoms with Gasteiger partial charge in [0.15, 0.2) is 11.5 Å². The molecule has 116 valence electrons. The van der Waals surface area contributed by atoms with Crippen LogP contribution in [0.2, 0.25) is 0 Å². The van der Waals surface area contributed by atoms with Crippen molar-refractivity contribution in [1.82, 2.24) is 4.90 Å². The Morgan fingerprint density at radius 2 is 1.90 bits per heavy atom. The summed E-state index contributed by atoms with van der Waals surface area (Å²) in [6, 6.07) is 8.48. The molecule has 5 heteroatoms. The number of hydrogen-bond acceptors (Lipinski definition) is 4. The van der Waals surface area contributed by atoms with Crippen molar-refractivity contribution in [2.75, 3.05) is 26.3 Å². The third-order valence-electron chi connectivity index (χ3n) is 3.49. The maximum atomic E-state index is 5.87. The lowest BCUT2D eigenvalue weighted by molar-refractivity contribution is 0.199. The average molecular weight is 308 g/mol. The molecule has 0 saturated heterocycles. The number of para-hydroxylation sites is 2. The Morgan fingerprint density at radius 3 is 2.48 bits per heavy atom. The van der Waals surface area contributed by atoms with E-state index < -0.39 is 0 Å². The average Bonchev–Trinajstić information content (AvgIpc) is 3.29. The Labute approximate surface area is 132 Å². The van der Waals surface area contributed by atoms with E-state index in [0.717, 1.165) is 31.0 Å². The summed E-state index contributed by atoms with van der Waals surface area (Å²) in [6.45, 7) is 5.09. The highest BCUT2D eigenvalue weighted by molar-refractivity contribution is 7.80. The molecule has 0 radical (unpaired) electrons. The normalized spacial score (nSPS) is 14.2. The molecule has 0 aliphatic heterocycles.